The molecule has 0 aromatic carbocycles. The Morgan fingerprint density at radius 3 is 1.72 bits per heavy atom. The number of nitrogens with zero attached hydrogens (tertiary/aromatic N) is 1. The van der Waals surface area contributed by atoms with Gasteiger partial charge in [-0.05, 0) is 64.2 Å². The Balaban J connectivity index is 4.07. The van der Waals surface area contributed by atoms with Gasteiger partial charge in [0, 0.05) is 6.04 Å². The van der Waals surface area contributed by atoms with Crippen molar-refractivity contribution >= 4 is 0 Å². The molecule has 0 bridgehead atoms. The molecule has 0 fully saturated rings. The van der Waals surface area contributed by atoms with Gasteiger partial charge in [0.2, 0.25) is 0 Å². The molecular weight excluding hydrogens is 220 g/mol. The lowest BCUT2D eigenvalue weighted by molar-refractivity contribution is 0.179. The third-order valence-corrected chi connectivity index (χ3v) is 3.60. The van der Waals surface area contributed by atoms with E-state index >= 15 is 0 Å². The smallest absolute Gasteiger partial charge is 0.00790 e. The van der Waals surface area contributed by atoms with Crippen molar-refractivity contribution < 1.29 is 0 Å². The van der Waals surface area contributed by atoms with Crippen LogP contribution in [0.1, 0.15) is 60.8 Å². The van der Waals surface area contributed by atoms with Crippen molar-refractivity contribution in [2.24, 2.45) is 11.8 Å². The lowest BCUT2D eigenvalue weighted by atomic mass is 10.1. The molecule has 0 aromatic rings. The van der Waals surface area contributed by atoms with Crippen molar-refractivity contribution in [1.82, 2.24) is 10.2 Å². The van der Waals surface area contributed by atoms with Crippen molar-refractivity contribution in [2.45, 2.75) is 66.8 Å². The topological polar surface area (TPSA) is 15.3 Å². The summed E-state index contributed by atoms with van der Waals surface area (Å²) >= 11 is 0. The first-order chi connectivity index (χ1) is 8.47. The van der Waals surface area contributed by atoms with E-state index in [9.17, 15) is 0 Å². The molecule has 0 aliphatic heterocycles. The zero-order valence-corrected chi connectivity index (χ0v) is 13.6. The van der Waals surface area contributed by atoms with Crippen molar-refractivity contribution in [1.29, 1.82) is 0 Å². The molecule has 0 aromatic heterocycles. The van der Waals surface area contributed by atoms with Gasteiger partial charge < -0.3 is 10.2 Å². The quantitative estimate of drug-likeness (QED) is 0.566. The molecule has 18 heavy (non-hydrogen) atoms. The van der Waals surface area contributed by atoms with E-state index in [1.807, 2.05) is 0 Å². The van der Waals surface area contributed by atoms with Crippen LogP contribution in [0.5, 0.6) is 0 Å². The maximum Gasteiger partial charge on any atom is 0.00790 e. The average molecular weight is 256 g/mol. The Morgan fingerprint density at radius 1 is 0.833 bits per heavy atom. The summed E-state index contributed by atoms with van der Waals surface area (Å²) in [6.07, 6.45) is 3.91. The van der Waals surface area contributed by atoms with Crippen molar-refractivity contribution in [3.8, 4) is 0 Å². The summed E-state index contributed by atoms with van der Waals surface area (Å²) in [7, 11) is 0. The molecule has 0 radical (unpaired) electrons. The van der Waals surface area contributed by atoms with Crippen LogP contribution >= 0.6 is 0 Å². The first-order valence-corrected chi connectivity index (χ1v) is 7.92. The van der Waals surface area contributed by atoms with Crippen LogP contribution < -0.4 is 5.32 Å². The lowest BCUT2D eigenvalue weighted by Crippen LogP contribution is -2.37. The molecule has 0 aliphatic rings. The first kappa shape index (κ1) is 17.9. The number of hydrogen-bond donors (Lipinski definition) is 1. The Hall–Kier alpha value is -0.0800. The molecule has 0 heterocycles. The zero-order chi connectivity index (χ0) is 14.0. The molecule has 0 aliphatic carbocycles. The second-order valence-electron chi connectivity index (χ2n) is 6.39. The number of hydrogen-bond acceptors (Lipinski definition) is 2. The predicted octanol–water partition coefficient (Wildman–Crippen LogP) is 3.77. The number of rotatable bonds is 11. The SMILES string of the molecule is CCNCCC(C)N(CCC(C)C)CCC(C)C. The lowest BCUT2D eigenvalue weighted by Gasteiger charge is -2.30. The van der Waals surface area contributed by atoms with Gasteiger partial charge in [-0.3, -0.25) is 0 Å². The molecule has 2 nitrogen and oxygen atoms in total. The summed E-state index contributed by atoms with van der Waals surface area (Å²) in [6, 6.07) is 0.710. The highest BCUT2D eigenvalue weighted by atomic mass is 15.1. The highest BCUT2D eigenvalue weighted by Crippen LogP contribution is 2.11. The van der Waals surface area contributed by atoms with Crippen molar-refractivity contribution in [2.75, 3.05) is 26.2 Å². The fraction of sp³-hybridized carbons (Fsp3) is 1.00. The second kappa shape index (κ2) is 10.8. The summed E-state index contributed by atoms with van der Waals surface area (Å²) < 4.78 is 0. The van der Waals surface area contributed by atoms with Gasteiger partial charge in [-0.15, -0.1) is 0 Å². The monoisotopic (exact) mass is 256 g/mol. The molecular formula is C16H36N2. The van der Waals surface area contributed by atoms with Gasteiger partial charge in [0.1, 0.15) is 0 Å². The molecule has 1 unspecified atom stereocenters. The van der Waals surface area contributed by atoms with Crippen molar-refractivity contribution in [3.05, 3.63) is 0 Å². The van der Waals surface area contributed by atoms with Gasteiger partial charge in [0.15, 0.2) is 0 Å². The van der Waals surface area contributed by atoms with Crippen LogP contribution in [-0.4, -0.2) is 37.1 Å². The summed E-state index contributed by atoms with van der Waals surface area (Å²) in [5.41, 5.74) is 0. The van der Waals surface area contributed by atoms with Crippen molar-refractivity contribution in [3.63, 3.8) is 0 Å². The standard InChI is InChI=1S/C16H36N2/c1-7-17-11-8-16(6)18(12-9-14(2)3)13-10-15(4)5/h14-17H,7-13H2,1-6H3. The van der Waals surface area contributed by atoms with Gasteiger partial charge in [-0.1, -0.05) is 34.6 Å². The third-order valence-electron chi connectivity index (χ3n) is 3.60. The second-order valence-corrected chi connectivity index (χ2v) is 6.39. The summed E-state index contributed by atoms with van der Waals surface area (Å²) in [6.45, 7) is 18.6. The molecule has 0 amide bonds. The molecule has 2 heteroatoms. The highest BCUT2D eigenvalue weighted by Gasteiger charge is 2.14. The van der Waals surface area contributed by atoms with Gasteiger partial charge >= 0.3 is 0 Å². The highest BCUT2D eigenvalue weighted by molar-refractivity contribution is 4.70. The van der Waals surface area contributed by atoms with Crippen LogP contribution in [0.4, 0.5) is 0 Å². The van der Waals surface area contributed by atoms with Gasteiger partial charge in [-0.25, -0.2) is 0 Å². The van der Waals surface area contributed by atoms with E-state index in [-0.39, 0.29) is 0 Å². The van der Waals surface area contributed by atoms with Crippen LogP contribution in [0.25, 0.3) is 0 Å². The first-order valence-electron chi connectivity index (χ1n) is 7.92. The zero-order valence-electron chi connectivity index (χ0n) is 13.6. The van der Waals surface area contributed by atoms with E-state index in [0.29, 0.717) is 6.04 Å². The molecule has 0 saturated heterocycles. The van der Waals surface area contributed by atoms with Crippen LogP contribution in [-0.2, 0) is 0 Å². The molecule has 0 rings (SSSR count). The van der Waals surface area contributed by atoms with E-state index in [4.69, 9.17) is 0 Å². The van der Waals surface area contributed by atoms with Gasteiger partial charge in [0.05, 0.1) is 0 Å². The molecule has 1 N–H and O–H groups in total. The normalized spacial score (nSPS) is 13.8. The maximum atomic E-state index is 3.44. The molecule has 0 spiro atoms. The Labute approximate surface area is 116 Å². The van der Waals surface area contributed by atoms with E-state index in [2.05, 4.69) is 51.8 Å². The number of nitrogens with one attached hydrogen (secondary N) is 1. The molecule has 1 atom stereocenters. The van der Waals surface area contributed by atoms with E-state index < -0.39 is 0 Å². The maximum absolute atomic E-state index is 3.44. The minimum atomic E-state index is 0.710. The van der Waals surface area contributed by atoms with Gasteiger partial charge in [-0.2, -0.15) is 0 Å². The third kappa shape index (κ3) is 9.90. The van der Waals surface area contributed by atoms with E-state index in [1.54, 1.807) is 0 Å². The van der Waals surface area contributed by atoms with Crippen LogP contribution in [0.15, 0.2) is 0 Å². The molecule has 0 saturated carbocycles. The van der Waals surface area contributed by atoms with Crippen LogP contribution in [0.3, 0.4) is 0 Å². The average Bonchev–Trinajstić information content (AvgIpc) is 2.28. The minimum absolute atomic E-state index is 0.710. The summed E-state index contributed by atoms with van der Waals surface area (Å²) in [5.74, 6) is 1.63. The van der Waals surface area contributed by atoms with Crippen LogP contribution in [0, 0.1) is 11.8 Å². The Bertz CT molecular complexity index is 166. The Kier molecular flexibility index (Phi) is 10.8. The fourth-order valence-electron chi connectivity index (χ4n) is 2.07. The van der Waals surface area contributed by atoms with E-state index in [0.717, 1.165) is 24.9 Å². The molecule has 110 valence electrons. The van der Waals surface area contributed by atoms with E-state index in [1.165, 1.54) is 32.4 Å². The Morgan fingerprint density at radius 2 is 1.33 bits per heavy atom. The fourth-order valence-corrected chi connectivity index (χ4v) is 2.07. The minimum Gasteiger partial charge on any atom is -0.317 e. The largest absolute Gasteiger partial charge is 0.317 e. The predicted molar refractivity (Wildman–Crippen MR) is 83.1 cm³/mol. The summed E-state index contributed by atoms with van der Waals surface area (Å²) in [5, 5.41) is 3.44. The van der Waals surface area contributed by atoms with Crippen LogP contribution in [0.2, 0.25) is 0 Å². The summed E-state index contributed by atoms with van der Waals surface area (Å²) in [4.78, 5) is 2.69. The van der Waals surface area contributed by atoms with Gasteiger partial charge in [0.25, 0.3) is 0 Å².